The Bertz CT molecular complexity index is 364. The summed E-state index contributed by atoms with van der Waals surface area (Å²) < 4.78 is 5.33. The van der Waals surface area contributed by atoms with Gasteiger partial charge in [0, 0.05) is 12.0 Å². The van der Waals surface area contributed by atoms with E-state index in [1.165, 1.54) is 0 Å². The average molecular weight is 193 g/mol. The molecule has 0 aromatic heterocycles. The molecule has 1 aromatic rings. The van der Waals surface area contributed by atoms with Gasteiger partial charge < -0.3 is 9.84 Å². The van der Waals surface area contributed by atoms with Crippen molar-refractivity contribution in [2.75, 3.05) is 0 Å². The zero-order chi connectivity index (χ0) is 10.1. The van der Waals surface area contributed by atoms with Crippen molar-refractivity contribution in [3.8, 4) is 5.75 Å². The second-order valence-electron chi connectivity index (χ2n) is 3.32. The molecule has 0 saturated heterocycles. The van der Waals surface area contributed by atoms with Crippen molar-refractivity contribution in [2.45, 2.75) is 18.6 Å². The highest BCUT2D eigenvalue weighted by Crippen LogP contribution is 2.34. The van der Waals surface area contributed by atoms with E-state index in [4.69, 9.17) is 15.6 Å². The monoisotopic (exact) mass is 193 g/mol. The molecule has 0 bridgehead atoms. The Balaban J connectivity index is 2.43. The SMILES string of the molecule is NC1CC(C(=O)O)c2ccccc2O1. The van der Waals surface area contributed by atoms with Crippen molar-refractivity contribution in [2.24, 2.45) is 5.73 Å². The maximum atomic E-state index is 11.0. The number of rotatable bonds is 1. The lowest BCUT2D eigenvalue weighted by atomic mass is 9.92. The Hall–Kier alpha value is -1.55. The lowest BCUT2D eigenvalue weighted by Crippen LogP contribution is -2.35. The zero-order valence-electron chi connectivity index (χ0n) is 7.51. The van der Waals surface area contributed by atoms with Gasteiger partial charge in [-0.2, -0.15) is 0 Å². The topological polar surface area (TPSA) is 72.6 Å². The van der Waals surface area contributed by atoms with Gasteiger partial charge in [0.05, 0.1) is 5.92 Å². The first-order valence-electron chi connectivity index (χ1n) is 4.42. The molecule has 2 rings (SSSR count). The first-order chi connectivity index (χ1) is 6.68. The van der Waals surface area contributed by atoms with Gasteiger partial charge in [0.1, 0.15) is 12.0 Å². The second kappa shape index (κ2) is 3.31. The van der Waals surface area contributed by atoms with Crippen molar-refractivity contribution >= 4 is 5.97 Å². The maximum Gasteiger partial charge on any atom is 0.311 e. The third kappa shape index (κ3) is 1.44. The van der Waals surface area contributed by atoms with E-state index in [0.29, 0.717) is 17.7 Å². The number of benzene rings is 1. The molecule has 1 aliphatic rings. The minimum atomic E-state index is -0.851. The van der Waals surface area contributed by atoms with E-state index in [1.54, 1.807) is 24.3 Å². The van der Waals surface area contributed by atoms with Gasteiger partial charge in [-0.1, -0.05) is 18.2 Å². The van der Waals surface area contributed by atoms with Gasteiger partial charge in [0.15, 0.2) is 0 Å². The van der Waals surface area contributed by atoms with Gasteiger partial charge >= 0.3 is 5.97 Å². The third-order valence-corrected chi connectivity index (χ3v) is 2.34. The number of carboxylic acid groups (broad SMARTS) is 1. The van der Waals surface area contributed by atoms with E-state index in [-0.39, 0.29) is 0 Å². The molecule has 3 N–H and O–H groups in total. The normalized spacial score (nSPS) is 24.9. The van der Waals surface area contributed by atoms with Crippen LogP contribution < -0.4 is 10.5 Å². The highest BCUT2D eigenvalue weighted by molar-refractivity contribution is 5.77. The summed E-state index contributed by atoms with van der Waals surface area (Å²) >= 11 is 0. The molecule has 1 heterocycles. The molecule has 1 aliphatic heterocycles. The van der Waals surface area contributed by atoms with Crippen LogP contribution in [0.3, 0.4) is 0 Å². The molecule has 2 atom stereocenters. The Morgan fingerprint density at radius 2 is 2.21 bits per heavy atom. The summed E-state index contributed by atoms with van der Waals surface area (Å²) in [5, 5.41) is 8.99. The Morgan fingerprint density at radius 3 is 2.93 bits per heavy atom. The molecule has 1 aromatic carbocycles. The van der Waals surface area contributed by atoms with Crippen LogP contribution >= 0.6 is 0 Å². The number of ether oxygens (including phenoxy) is 1. The fourth-order valence-electron chi connectivity index (χ4n) is 1.68. The van der Waals surface area contributed by atoms with E-state index in [9.17, 15) is 4.79 Å². The van der Waals surface area contributed by atoms with Gasteiger partial charge in [0.25, 0.3) is 0 Å². The van der Waals surface area contributed by atoms with Crippen molar-refractivity contribution in [1.29, 1.82) is 0 Å². The molecule has 0 spiro atoms. The number of hydrogen-bond acceptors (Lipinski definition) is 3. The zero-order valence-corrected chi connectivity index (χ0v) is 7.51. The lowest BCUT2D eigenvalue weighted by Gasteiger charge is -2.27. The largest absolute Gasteiger partial charge is 0.481 e. The average Bonchev–Trinajstić information content (AvgIpc) is 2.16. The Labute approximate surface area is 81.3 Å². The van der Waals surface area contributed by atoms with Crippen molar-refractivity contribution < 1.29 is 14.6 Å². The highest BCUT2D eigenvalue weighted by Gasteiger charge is 2.30. The molecule has 74 valence electrons. The standard InChI is InChI=1S/C10H11NO3/c11-9-5-7(10(12)13)6-3-1-2-4-8(6)14-9/h1-4,7,9H,5,11H2,(H,12,13). The van der Waals surface area contributed by atoms with Crippen LogP contribution in [0, 0.1) is 0 Å². The lowest BCUT2D eigenvalue weighted by molar-refractivity contribution is -0.140. The number of nitrogens with two attached hydrogens (primary N) is 1. The van der Waals surface area contributed by atoms with Crippen LogP contribution in [0.4, 0.5) is 0 Å². The van der Waals surface area contributed by atoms with Gasteiger partial charge in [0.2, 0.25) is 0 Å². The number of fused-ring (bicyclic) bond motifs is 1. The van der Waals surface area contributed by atoms with E-state index in [0.717, 1.165) is 0 Å². The number of para-hydroxylation sites is 1. The van der Waals surface area contributed by atoms with Gasteiger partial charge in [-0.15, -0.1) is 0 Å². The number of aliphatic carboxylic acids is 1. The summed E-state index contributed by atoms with van der Waals surface area (Å²) in [7, 11) is 0. The smallest absolute Gasteiger partial charge is 0.311 e. The Morgan fingerprint density at radius 1 is 1.50 bits per heavy atom. The van der Waals surface area contributed by atoms with Gasteiger partial charge in [-0.25, -0.2) is 0 Å². The predicted octanol–water partition coefficient (Wildman–Crippen LogP) is 0.922. The predicted molar refractivity (Wildman–Crippen MR) is 50.0 cm³/mol. The molecular formula is C10H11NO3. The fourth-order valence-corrected chi connectivity index (χ4v) is 1.68. The molecule has 14 heavy (non-hydrogen) atoms. The summed E-state index contributed by atoms with van der Waals surface area (Å²) in [6, 6.07) is 7.11. The van der Waals surface area contributed by atoms with Crippen LogP contribution in [0.15, 0.2) is 24.3 Å². The Kier molecular flexibility index (Phi) is 2.13. The van der Waals surface area contributed by atoms with E-state index < -0.39 is 18.1 Å². The first-order valence-corrected chi connectivity index (χ1v) is 4.42. The van der Waals surface area contributed by atoms with Crippen molar-refractivity contribution in [3.05, 3.63) is 29.8 Å². The first kappa shape index (κ1) is 9.02. The molecule has 0 radical (unpaired) electrons. The van der Waals surface area contributed by atoms with Crippen molar-refractivity contribution in [1.82, 2.24) is 0 Å². The molecule has 0 amide bonds. The van der Waals surface area contributed by atoms with Gasteiger partial charge in [-0.3, -0.25) is 10.5 Å². The fraction of sp³-hybridized carbons (Fsp3) is 0.300. The van der Waals surface area contributed by atoms with Crippen LogP contribution in [-0.4, -0.2) is 17.3 Å². The third-order valence-electron chi connectivity index (χ3n) is 2.34. The van der Waals surface area contributed by atoms with E-state index >= 15 is 0 Å². The molecule has 0 aliphatic carbocycles. The summed E-state index contributed by atoms with van der Waals surface area (Å²) in [6.07, 6.45) is -0.196. The highest BCUT2D eigenvalue weighted by atomic mass is 16.5. The number of hydrogen-bond donors (Lipinski definition) is 2. The molecular weight excluding hydrogens is 182 g/mol. The summed E-state index contributed by atoms with van der Waals surface area (Å²) in [4.78, 5) is 11.0. The number of carboxylic acids is 1. The minimum absolute atomic E-state index is 0.326. The summed E-state index contributed by atoms with van der Waals surface area (Å²) in [5.74, 6) is -0.815. The van der Waals surface area contributed by atoms with Crippen LogP contribution in [0.5, 0.6) is 5.75 Å². The van der Waals surface area contributed by atoms with E-state index in [1.807, 2.05) is 0 Å². The quantitative estimate of drug-likeness (QED) is 0.695. The molecule has 2 unspecified atom stereocenters. The van der Waals surface area contributed by atoms with Crippen LogP contribution in [0.25, 0.3) is 0 Å². The maximum absolute atomic E-state index is 11.0. The molecule has 0 fully saturated rings. The molecule has 0 saturated carbocycles. The second-order valence-corrected chi connectivity index (χ2v) is 3.32. The van der Waals surface area contributed by atoms with Gasteiger partial charge in [-0.05, 0) is 6.07 Å². The molecule has 4 nitrogen and oxygen atoms in total. The number of carbonyl (C=O) groups is 1. The minimum Gasteiger partial charge on any atom is -0.481 e. The van der Waals surface area contributed by atoms with Crippen LogP contribution in [0.2, 0.25) is 0 Å². The van der Waals surface area contributed by atoms with Crippen LogP contribution in [0.1, 0.15) is 17.9 Å². The molecule has 4 heteroatoms. The van der Waals surface area contributed by atoms with Crippen molar-refractivity contribution in [3.63, 3.8) is 0 Å². The van der Waals surface area contributed by atoms with Crippen LogP contribution in [-0.2, 0) is 4.79 Å². The van der Waals surface area contributed by atoms with E-state index in [2.05, 4.69) is 0 Å². The summed E-state index contributed by atoms with van der Waals surface area (Å²) in [5.41, 5.74) is 6.30. The summed E-state index contributed by atoms with van der Waals surface area (Å²) in [6.45, 7) is 0.